The Bertz CT molecular complexity index is 116. The summed E-state index contributed by atoms with van der Waals surface area (Å²) < 4.78 is 9.90. The van der Waals surface area contributed by atoms with Gasteiger partial charge in [0, 0.05) is 13.7 Å². The van der Waals surface area contributed by atoms with Crippen molar-refractivity contribution in [2.45, 2.75) is 0 Å². The van der Waals surface area contributed by atoms with Gasteiger partial charge in [-0.15, -0.1) is 17.0 Å². The summed E-state index contributed by atoms with van der Waals surface area (Å²) in [4.78, 5) is 0. The Morgan fingerprint density at radius 2 is 2.08 bits per heavy atom. The first-order chi connectivity index (χ1) is 5.27. The number of ether oxygens (including phenoxy) is 2. The minimum absolute atomic E-state index is 0. The van der Waals surface area contributed by atoms with Crippen LogP contribution in [0.25, 0.3) is 0 Å². The van der Waals surface area contributed by atoms with Crippen LogP contribution in [0.5, 0.6) is 0 Å². The average molecular weight is 259 g/mol. The molecule has 0 aromatic carbocycles. The molecule has 0 aliphatic carbocycles. The molecular weight excluding hydrogens is 244 g/mol. The molecule has 0 heterocycles. The van der Waals surface area contributed by atoms with E-state index in [1.165, 1.54) is 0 Å². The quantitative estimate of drug-likeness (QED) is 0.522. The van der Waals surface area contributed by atoms with Crippen molar-refractivity contribution in [2.24, 2.45) is 5.73 Å². The monoisotopic (exact) mass is 258 g/mol. The van der Waals surface area contributed by atoms with Gasteiger partial charge in [0.2, 0.25) is 0 Å². The molecule has 12 heavy (non-hydrogen) atoms. The largest absolute Gasteiger partial charge is 0.382 e. The summed E-state index contributed by atoms with van der Waals surface area (Å²) in [6.07, 6.45) is 0. The van der Waals surface area contributed by atoms with Gasteiger partial charge in [0.1, 0.15) is 0 Å². The van der Waals surface area contributed by atoms with Crippen molar-refractivity contribution in [3.63, 3.8) is 0 Å². The first-order valence-corrected chi connectivity index (χ1v) is 3.78. The Hall–Kier alpha value is 0.0900. The molecule has 0 aliphatic rings. The fraction of sp³-hybridized carbons (Fsp3) is 0.833. The van der Waals surface area contributed by atoms with Crippen molar-refractivity contribution in [3.8, 4) is 0 Å². The third-order valence-corrected chi connectivity index (χ3v) is 1.12. The number of nitrogens with one attached hydrogen (secondary N) is 1. The van der Waals surface area contributed by atoms with Gasteiger partial charge in [-0.2, -0.15) is 0 Å². The van der Waals surface area contributed by atoms with Crippen molar-refractivity contribution >= 4 is 34.3 Å². The molecule has 0 aromatic rings. The Morgan fingerprint density at radius 1 is 1.42 bits per heavy atom. The lowest BCUT2D eigenvalue weighted by Gasteiger charge is -2.04. The predicted molar refractivity (Wildman–Crippen MR) is 57.8 cm³/mol. The molecule has 0 spiro atoms. The molecule has 0 rings (SSSR count). The van der Waals surface area contributed by atoms with Crippen LogP contribution >= 0.6 is 29.2 Å². The second kappa shape index (κ2) is 11.1. The Labute approximate surface area is 88.6 Å². The van der Waals surface area contributed by atoms with Crippen LogP contribution < -0.4 is 11.1 Å². The first-order valence-electron chi connectivity index (χ1n) is 3.37. The number of halogens is 1. The molecule has 3 N–H and O–H groups in total. The van der Waals surface area contributed by atoms with E-state index in [2.05, 4.69) is 17.5 Å². The van der Waals surface area contributed by atoms with E-state index < -0.39 is 0 Å². The molecule has 4 nitrogen and oxygen atoms in total. The summed E-state index contributed by atoms with van der Waals surface area (Å²) in [5.74, 6) is 0. The minimum atomic E-state index is 0. The van der Waals surface area contributed by atoms with Gasteiger partial charge in [-0.25, -0.2) is 0 Å². The van der Waals surface area contributed by atoms with Crippen molar-refractivity contribution in [2.75, 3.05) is 33.5 Å². The van der Waals surface area contributed by atoms with Gasteiger partial charge in [-0.3, -0.25) is 0 Å². The lowest BCUT2D eigenvalue weighted by Crippen LogP contribution is -2.32. The highest BCUT2D eigenvalue weighted by molar-refractivity contribution is 8.93. The summed E-state index contributed by atoms with van der Waals surface area (Å²) in [6.45, 7) is 2.47. The topological polar surface area (TPSA) is 56.5 Å². The molecular formula is C6H15BrN2O2S. The maximum absolute atomic E-state index is 5.17. The second-order valence-corrected chi connectivity index (χ2v) is 2.34. The first kappa shape index (κ1) is 14.6. The molecule has 0 amide bonds. The van der Waals surface area contributed by atoms with E-state index in [4.69, 9.17) is 15.2 Å². The molecule has 0 atom stereocenters. The van der Waals surface area contributed by atoms with Crippen LogP contribution in [0.2, 0.25) is 0 Å². The molecule has 0 bridgehead atoms. The van der Waals surface area contributed by atoms with E-state index in [-0.39, 0.29) is 17.0 Å². The molecule has 0 saturated carbocycles. The molecule has 0 radical (unpaired) electrons. The standard InChI is InChI=1S/C6H14N2O2S.BrH/c1-9-4-5-10-3-2-8-6(7)11;/h2-5H2,1H3,(H3,7,8,11);1H. The van der Waals surface area contributed by atoms with Gasteiger partial charge < -0.3 is 20.5 Å². The van der Waals surface area contributed by atoms with Crippen LogP contribution in [0.1, 0.15) is 0 Å². The highest BCUT2D eigenvalue weighted by atomic mass is 79.9. The summed E-state index contributed by atoms with van der Waals surface area (Å²) in [5, 5.41) is 3.07. The van der Waals surface area contributed by atoms with Crippen LogP contribution in [0.15, 0.2) is 0 Å². The fourth-order valence-electron chi connectivity index (χ4n) is 0.491. The number of hydrogen-bond acceptors (Lipinski definition) is 3. The zero-order valence-corrected chi connectivity index (χ0v) is 9.57. The van der Waals surface area contributed by atoms with Crippen molar-refractivity contribution in [1.82, 2.24) is 5.32 Å². The summed E-state index contributed by atoms with van der Waals surface area (Å²) >= 11 is 4.58. The van der Waals surface area contributed by atoms with Crippen LogP contribution in [-0.2, 0) is 9.47 Å². The highest BCUT2D eigenvalue weighted by Crippen LogP contribution is 1.74. The molecule has 0 aromatic heterocycles. The summed E-state index contributed by atoms with van der Waals surface area (Å²) in [6, 6.07) is 0. The van der Waals surface area contributed by atoms with E-state index in [1.807, 2.05) is 0 Å². The number of rotatable bonds is 6. The van der Waals surface area contributed by atoms with Crippen molar-refractivity contribution in [3.05, 3.63) is 0 Å². The maximum Gasteiger partial charge on any atom is 0.163 e. The van der Waals surface area contributed by atoms with Crippen LogP contribution in [0.3, 0.4) is 0 Å². The zero-order valence-electron chi connectivity index (χ0n) is 7.04. The van der Waals surface area contributed by atoms with Crippen LogP contribution in [-0.4, -0.2) is 38.6 Å². The zero-order chi connectivity index (χ0) is 8.53. The molecule has 0 unspecified atom stereocenters. The number of nitrogens with two attached hydrogens (primary N) is 1. The smallest absolute Gasteiger partial charge is 0.163 e. The van der Waals surface area contributed by atoms with E-state index in [9.17, 15) is 0 Å². The lowest BCUT2D eigenvalue weighted by atomic mass is 10.6. The van der Waals surface area contributed by atoms with Gasteiger partial charge >= 0.3 is 0 Å². The van der Waals surface area contributed by atoms with Crippen molar-refractivity contribution < 1.29 is 9.47 Å². The summed E-state index contributed by atoms with van der Waals surface area (Å²) in [7, 11) is 1.64. The molecule has 0 aliphatic heterocycles. The Morgan fingerprint density at radius 3 is 2.58 bits per heavy atom. The predicted octanol–water partition coefficient (Wildman–Crippen LogP) is 0.0605. The van der Waals surface area contributed by atoms with Gasteiger partial charge in [0.15, 0.2) is 5.11 Å². The van der Waals surface area contributed by atoms with Gasteiger partial charge in [0.05, 0.1) is 19.8 Å². The van der Waals surface area contributed by atoms with E-state index in [1.54, 1.807) is 7.11 Å². The minimum Gasteiger partial charge on any atom is -0.382 e. The van der Waals surface area contributed by atoms with E-state index in [0.717, 1.165) is 0 Å². The number of thiocarbonyl (C=S) groups is 1. The lowest BCUT2D eigenvalue weighted by molar-refractivity contribution is 0.0734. The van der Waals surface area contributed by atoms with Crippen LogP contribution in [0, 0.1) is 0 Å². The second-order valence-electron chi connectivity index (χ2n) is 1.90. The average Bonchev–Trinajstić information content (AvgIpc) is 1.96. The number of methoxy groups -OCH3 is 1. The van der Waals surface area contributed by atoms with Crippen molar-refractivity contribution in [1.29, 1.82) is 0 Å². The molecule has 0 saturated heterocycles. The number of hydrogen-bond donors (Lipinski definition) is 2. The van der Waals surface area contributed by atoms with Crippen LogP contribution in [0.4, 0.5) is 0 Å². The molecule has 0 fully saturated rings. The van der Waals surface area contributed by atoms with Gasteiger partial charge in [0.25, 0.3) is 0 Å². The SMILES string of the molecule is Br.COCCOCCNC(N)=S. The van der Waals surface area contributed by atoms with Gasteiger partial charge in [-0.05, 0) is 12.2 Å². The Balaban J connectivity index is 0. The molecule has 6 heteroatoms. The third-order valence-electron chi connectivity index (χ3n) is 0.977. The van der Waals surface area contributed by atoms with E-state index >= 15 is 0 Å². The Kier molecular flexibility index (Phi) is 13.5. The van der Waals surface area contributed by atoms with E-state index in [0.29, 0.717) is 31.5 Å². The normalized spacial score (nSPS) is 8.75. The fourth-order valence-corrected chi connectivity index (χ4v) is 0.593. The highest BCUT2D eigenvalue weighted by Gasteiger charge is 1.88. The molecule has 74 valence electrons. The van der Waals surface area contributed by atoms with Gasteiger partial charge in [-0.1, -0.05) is 0 Å². The third kappa shape index (κ3) is 12.7. The summed E-state index contributed by atoms with van der Waals surface area (Å²) in [5.41, 5.74) is 5.17. The maximum atomic E-state index is 5.17.